The standard InChI is InChI=1S/C38H36N4O5S2/c1-5-34(37(45)42-38-41-32(23-48-38)25-16-14-24(2)15-17-25)49-30-13-9-12-28(21-30)39-36(44)31(40-35(43)26-10-7-6-8-11-26)20-27-18-19-29(46-3)22-33(27)47-4/h6-23,34H,5H2,1-4H3,(H,39,44)(H,40,43)(H,41,42,45)/b31-20+. The third-order valence-corrected chi connectivity index (χ3v) is 9.50. The summed E-state index contributed by atoms with van der Waals surface area (Å²) in [5, 5.41) is 10.7. The molecule has 0 aliphatic rings. The zero-order chi connectivity index (χ0) is 34.8. The molecule has 9 nitrogen and oxygen atoms in total. The van der Waals surface area contributed by atoms with E-state index in [4.69, 9.17) is 9.47 Å². The second-order valence-electron chi connectivity index (χ2n) is 10.9. The molecule has 0 aliphatic carbocycles. The van der Waals surface area contributed by atoms with Gasteiger partial charge in [0.2, 0.25) is 5.91 Å². The minimum Gasteiger partial charge on any atom is -0.497 e. The van der Waals surface area contributed by atoms with E-state index in [9.17, 15) is 14.4 Å². The Hall–Kier alpha value is -5.39. The number of anilines is 2. The van der Waals surface area contributed by atoms with Crippen molar-refractivity contribution in [3.8, 4) is 22.8 Å². The summed E-state index contributed by atoms with van der Waals surface area (Å²) in [6.07, 6.45) is 2.12. The Labute approximate surface area is 293 Å². The Bertz CT molecular complexity index is 1960. The van der Waals surface area contributed by atoms with Gasteiger partial charge in [0.1, 0.15) is 17.2 Å². The first-order valence-electron chi connectivity index (χ1n) is 15.5. The van der Waals surface area contributed by atoms with Gasteiger partial charge < -0.3 is 25.4 Å². The van der Waals surface area contributed by atoms with Crippen molar-refractivity contribution in [3.63, 3.8) is 0 Å². The van der Waals surface area contributed by atoms with Gasteiger partial charge in [0.15, 0.2) is 5.13 Å². The molecule has 0 saturated heterocycles. The van der Waals surface area contributed by atoms with Crippen LogP contribution in [0.1, 0.15) is 34.8 Å². The summed E-state index contributed by atoms with van der Waals surface area (Å²) in [6.45, 7) is 3.98. The number of thiazole rings is 1. The molecule has 1 heterocycles. The maximum Gasteiger partial charge on any atom is 0.272 e. The molecule has 3 amide bonds. The van der Waals surface area contributed by atoms with Gasteiger partial charge in [0.25, 0.3) is 11.8 Å². The average molecular weight is 693 g/mol. The summed E-state index contributed by atoms with van der Waals surface area (Å²) >= 11 is 2.77. The molecular formula is C38H36N4O5S2. The molecule has 1 unspecified atom stereocenters. The number of rotatable bonds is 13. The highest BCUT2D eigenvalue weighted by Crippen LogP contribution is 2.31. The first-order valence-corrected chi connectivity index (χ1v) is 17.2. The molecule has 0 radical (unpaired) electrons. The number of thioether (sulfide) groups is 1. The second kappa shape index (κ2) is 16.6. The highest BCUT2D eigenvalue weighted by Gasteiger charge is 2.21. The Morgan fingerprint density at radius 2 is 1.67 bits per heavy atom. The van der Waals surface area contributed by atoms with Crippen LogP contribution in [-0.4, -0.2) is 42.2 Å². The number of aryl methyl sites for hydroxylation is 1. The van der Waals surface area contributed by atoms with Crippen molar-refractivity contribution in [2.24, 2.45) is 0 Å². The number of hydrogen-bond donors (Lipinski definition) is 3. The Morgan fingerprint density at radius 1 is 0.898 bits per heavy atom. The number of ether oxygens (including phenoxy) is 2. The number of nitrogens with zero attached hydrogens (tertiary/aromatic N) is 1. The third-order valence-electron chi connectivity index (χ3n) is 7.38. The SMILES string of the molecule is CCC(Sc1cccc(NC(=O)/C(=C\c2ccc(OC)cc2OC)NC(=O)c2ccccc2)c1)C(=O)Nc1nc(-c2ccc(C)cc2)cs1. The quantitative estimate of drug-likeness (QED) is 0.0844. The van der Waals surface area contributed by atoms with Gasteiger partial charge in [-0.25, -0.2) is 4.98 Å². The molecule has 0 fully saturated rings. The maximum absolute atomic E-state index is 13.7. The first kappa shape index (κ1) is 34.9. The smallest absolute Gasteiger partial charge is 0.272 e. The zero-order valence-corrected chi connectivity index (χ0v) is 29.1. The fourth-order valence-electron chi connectivity index (χ4n) is 4.74. The van der Waals surface area contributed by atoms with Crippen LogP contribution in [0.4, 0.5) is 10.8 Å². The van der Waals surface area contributed by atoms with Crippen LogP contribution in [0.2, 0.25) is 0 Å². The van der Waals surface area contributed by atoms with Gasteiger partial charge in [-0.3, -0.25) is 14.4 Å². The van der Waals surface area contributed by atoms with Crippen LogP contribution in [0.5, 0.6) is 11.5 Å². The van der Waals surface area contributed by atoms with Crippen molar-refractivity contribution in [3.05, 3.63) is 125 Å². The second-order valence-corrected chi connectivity index (χ2v) is 13.0. The van der Waals surface area contributed by atoms with Crippen molar-refractivity contribution in [2.45, 2.75) is 30.4 Å². The monoisotopic (exact) mass is 692 g/mol. The lowest BCUT2D eigenvalue weighted by Gasteiger charge is -2.15. The topological polar surface area (TPSA) is 119 Å². The number of aromatic nitrogens is 1. The van der Waals surface area contributed by atoms with Crippen molar-refractivity contribution in [1.82, 2.24) is 10.3 Å². The third kappa shape index (κ3) is 9.37. The predicted octanol–water partition coefficient (Wildman–Crippen LogP) is 8.05. The van der Waals surface area contributed by atoms with Crippen molar-refractivity contribution in [2.75, 3.05) is 24.9 Å². The van der Waals surface area contributed by atoms with Crippen LogP contribution < -0.4 is 25.4 Å². The lowest BCUT2D eigenvalue weighted by molar-refractivity contribution is -0.116. The summed E-state index contributed by atoms with van der Waals surface area (Å²) in [7, 11) is 3.06. The molecule has 0 saturated carbocycles. The molecule has 0 bridgehead atoms. The Balaban J connectivity index is 1.31. The molecule has 0 aliphatic heterocycles. The molecule has 5 aromatic rings. The summed E-state index contributed by atoms with van der Waals surface area (Å²) in [4.78, 5) is 45.5. The van der Waals surface area contributed by atoms with E-state index in [1.54, 1.807) is 73.8 Å². The van der Waals surface area contributed by atoms with E-state index >= 15 is 0 Å². The lowest BCUT2D eigenvalue weighted by Crippen LogP contribution is -2.30. The van der Waals surface area contributed by atoms with Gasteiger partial charge >= 0.3 is 0 Å². The lowest BCUT2D eigenvalue weighted by atomic mass is 10.1. The van der Waals surface area contributed by atoms with Crippen molar-refractivity contribution < 1.29 is 23.9 Å². The number of carbonyl (C=O) groups excluding carboxylic acids is 3. The van der Waals surface area contributed by atoms with Gasteiger partial charge in [-0.15, -0.1) is 23.1 Å². The molecule has 1 atom stereocenters. The van der Waals surface area contributed by atoms with E-state index in [0.29, 0.717) is 39.9 Å². The number of nitrogens with one attached hydrogen (secondary N) is 3. The molecule has 0 spiro atoms. The van der Waals surface area contributed by atoms with Crippen LogP contribution in [0.3, 0.4) is 0 Å². The normalized spacial score (nSPS) is 11.7. The Morgan fingerprint density at radius 3 is 2.39 bits per heavy atom. The molecule has 49 heavy (non-hydrogen) atoms. The van der Waals surface area contributed by atoms with Crippen LogP contribution in [0, 0.1) is 6.92 Å². The largest absolute Gasteiger partial charge is 0.497 e. The fourth-order valence-corrected chi connectivity index (χ4v) is 6.48. The summed E-state index contributed by atoms with van der Waals surface area (Å²) in [5.41, 5.74) is 4.43. The molecule has 3 N–H and O–H groups in total. The number of amides is 3. The summed E-state index contributed by atoms with van der Waals surface area (Å²) < 4.78 is 10.8. The summed E-state index contributed by atoms with van der Waals surface area (Å²) in [5.74, 6) is -0.0940. The van der Waals surface area contributed by atoms with Crippen molar-refractivity contribution in [1.29, 1.82) is 0 Å². The molecule has 5 rings (SSSR count). The minimum absolute atomic E-state index is 0.00893. The average Bonchev–Trinajstić information content (AvgIpc) is 3.59. The van der Waals surface area contributed by atoms with Gasteiger partial charge in [-0.05, 0) is 61.9 Å². The molecule has 250 valence electrons. The van der Waals surface area contributed by atoms with E-state index < -0.39 is 17.1 Å². The van der Waals surface area contributed by atoms with Crippen molar-refractivity contribution >= 4 is 57.7 Å². The highest BCUT2D eigenvalue weighted by molar-refractivity contribution is 8.00. The fraction of sp³-hybridized carbons (Fsp3) is 0.158. The van der Waals surface area contributed by atoms with E-state index in [-0.39, 0.29) is 11.6 Å². The predicted molar refractivity (Wildman–Crippen MR) is 197 cm³/mol. The van der Waals surface area contributed by atoms with E-state index in [2.05, 4.69) is 20.9 Å². The van der Waals surface area contributed by atoms with E-state index in [1.165, 1.54) is 35.8 Å². The number of methoxy groups -OCH3 is 2. The molecule has 11 heteroatoms. The first-order chi connectivity index (χ1) is 23.8. The van der Waals surface area contributed by atoms with E-state index in [0.717, 1.165) is 16.2 Å². The van der Waals surface area contributed by atoms with Crippen LogP contribution in [0.15, 0.2) is 113 Å². The molecular weight excluding hydrogens is 657 g/mol. The maximum atomic E-state index is 13.7. The minimum atomic E-state index is -0.540. The van der Waals surface area contributed by atoms with Gasteiger partial charge in [-0.1, -0.05) is 61.0 Å². The zero-order valence-electron chi connectivity index (χ0n) is 27.5. The van der Waals surface area contributed by atoms with Gasteiger partial charge in [0, 0.05) is 38.7 Å². The Kier molecular flexibility index (Phi) is 11.9. The van der Waals surface area contributed by atoms with E-state index in [1.807, 2.05) is 55.6 Å². The highest BCUT2D eigenvalue weighted by atomic mass is 32.2. The van der Waals surface area contributed by atoms with Crippen LogP contribution in [0.25, 0.3) is 17.3 Å². The number of carbonyl (C=O) groups is 3. The van der Waals surface area contributed by atoms with Gasteiger partial charge in [0.05, 0.1) is 25.2 Å². The van der Waals surface area contributed by atoms with Gasteiger partial charge in [-0.2, -0.15) is 0 Å². The number of hydrogen-bond acceptors (Lipinski definition) is 8. The van der Waals surface area contributed by atoms with Crippen LogP contribution in [-0.2, 0) is 9.59 Å². The molecule has 4 aromatic carbocycles. The number of benzene rings is 4. The van der Waals surface area contributed by atoms with Crippen LogP contribution >= 0.6 is 23.1 Å². The summed E-state index contributed by atoms with van der Waals surface area (Å²) in [6, 6.07) is 29.1. The molecule has 1 aromatic heterocycles.